The molecule has 0 aromatic carbocycles. The van der Waals surface area contributed by atoms with Crippen LogP contribution in [-0.4, -0.2) is 32.5 Å². The average molecular weight is 228 g/mol. The van der Waals surface area contributed by atoms with Gasteiger partial charge in [0.25, 0.3) is 0 Å². The van der Waals surface area contributed by atoms with Crippen LogP contribution in [0.5, 0.6) is 0 Å². The van der Waals surface area contributed by atoms with Crippen LogP contribution >= 0.6 is 11.8 Å². The highest BCUT2D eigenvalue weighted by molar-refractivity contribution is 7.99. The van der Waals surface area contributed by atoms with Crippen molar-refractivity contribution in [2.75, 3.05) is 6.54 Å². The monoisotopic (exact) mass is 228 g/mol. The molecular formula is C10H20N4S. The fourth-order valence-corrected chi connectivity index (χ4v) is 1.86. The minimum atomic E-state index is 0.170. The summed E-state index contributed by atoms with van der Waals surface area (Å²) in [5.41, 5.74) is 0.170. The average Bonchev–Trinajstić information content (AvgIpc) is 2.47. The first kappa shape index (κ1) is 12.5. The van der Waals surface area contributed by atoms with Crippen molar-refractivity contribution in [1.29, 1.82) is 0 Å². The molecular weight excluding hydrogens is 208 g/mol. The smallest absolute Gasteiger partial charge is 0.208 e. The first-order valence-electron chi connectivity index (χ1n) is 5.17. The number of H-pyrrole nitrogens is 1. The van der Waals surface area contributed by atoms with Gasteiger partial charge in [0.1, 0.15) is 5.82 Å². The van der Waals surface area contributed by atoms with Crippen LogP contribution in [0.1, 0.15) is 33.5 Å². The summed E-state index contributed by atoms with van der Waals surface area (Å²) in [5, 5.41) is 11.7. The molecule has 0 aliphatic heterocycles. The zero-order valence-corrected chi connectivity index (χ0v) is 10.9. The quantitative estimate of drug-likeness (QED) is 0.774. The molecule has 86 valence electrons. The molecule has 0 aliphatic carbocycles. The standard InChI is InChI=1S/C10H20N4S/c1-7(6-11-10(3,4)5)15-9-12-8(2)13-14-9/h7,11H,6H2,1-5H3,(H,12,13,14). The lowest BCUT2D eigenvalue weighted by atomic mass is 10.1. The third-order valence-electron chi connectivity index (χ3n) is 1.80. The molecule has 0 saturated heterocycles. The molecule has 0 aliphatic rings. The van der Waals surface area contributed by atoms with Crippen LogP contribution in [-0.2, 0) is 0 Å². The Morgan fingerprint density at radius 3 is 2.60 bits per heavy atom. The number of aromatic nitrogens is 3. The molecule has 0 fully saturated rings. The molecule has 1 aromatic heterocycles. The van der Waals surface area contributed by atoms with E-state index in [4.69, 9.17) is 0 Å². The lowest BCUT2D eigenvalue weighted by molar-refractivity contribution is 0.429. The minimum Gasteiger partial charge on any atom is -0.311 e. The predicted molar refractivity (Wildman–Crippen MR) is 64.2 cm³/mol. The molecule has 0 amide bonds. The molecule has 0 radical (unpaired) electrons. The van der Waals surface area contributed by atoms with Gasteiger partial charge >= 0.3 is 0 Å². The molecule has 1 heterocycles. The summed E-state index contributed by atoms with van der Waals surface area (Å²) in [7, 11) is 0. The summed E-state index contributed by atoms with van der Waals surface area (Å²) < 4.78 is 0. The molecule has 15 heavy (non-hydrogen) atoms. The molecule has 1 unspecified atom stereocenters. The van der Waals surface area contributed by atoms with Crippen LogP contribution in [0.3, 0.4) is 0 Å². The Hall–Kier alpha value is -0.550. The van der Waals surface area contributed by atoms with E-state index in [1.165, 1.54) is 0 Å². The Balaban J connectivity index is 2.33. The van der Waals surface area contributed by atoms with Crippen molar-refractivity contribution in [3.63, 3.8) is 0 Å². The Kier molecular flexibility index (Phi) is 4.16. The first-order valence-corrected chi connectivity index (χ1v) is 6.05. The van der Waals surface area contributed by atoms with E-state index in [0.717, 1.165) is 17.5 Å². The van der Waals surface area contributed by atoms with Crippen molar-refractivity contribution in [2.45, 2.75) is 50.6 Å². The second-order valence-electron chi connectivity index (χ2n) is 4.76. The fraction of sp³-hybridized carbons (Fsp3) is 0.800. The number of hydrogen-bond acceptors (Lipinski definition) is 4. The van der Waals surface area contributed by atoms with E-state index >= 15 is 0 Å². The summed E-state index contributed by atoms with van der Waals surface area (Å²) in [4.78, 5) is 4.26. The third kappa shape index (κ3) is 5.18. The van der Waals surface area contributed by atoms with Crippen LogP contribution in [0.4, 0.5) is 0 Å². The van der Waals surface area contributed by atoms with Crippen LogP contribution < -0.4 is 5.32 Å². The van der Waals surface area contributed by atoms with Crippen molar-refractivity contribution in [2.24, 2.45) is 0 Å². The van der Waals surface area contributed by atoms with E-state index in [0.29, 0.717) is 5.25 Å². The van der Waals surface area contributed by atoms with Crippen LogP contribution in [0.25, 0.3) is 0 Å². The number of thioether (sulfide) groups is 1. The zero-order chi connectivity index (χ0) is 11.5. The molecule has 0 bridgehead atoms. The summed E-state index contributed by atoms with van der Waals surface area (Å²) in [6, 6.07) is 0. The number of rotatable bonds is 4. The Bertz CT molecular complexity index is 303. The van der Waals surface area contributed by atoms with Gasteiger partial charge in [0.05, 0.1) is 0 Å². The maximum Gasteiger partial charge on any atom is 0.208 e. The van der Waals surface area contributed by atoms with Crippen LogP contribution in [0, 0.1) is 6.92 Å². The number of hydrogen-bond donors (Lipinski definition) is 2. The van der Waals surface area contributed by atoms with E-state index in [1.807, 2.05) is 6.92 Å². The third-order valence-corrected chi connectivity index (χ3v) is 2.77. The zero-order valence-electron chi connectivity index (χ0n) is 10.1. The van der Waals surface area contributed by atoms with Crippen molar-refractivity contribution in [1.82, 2.24) is 20.5 Å². The normalized spacial score (nSPS) is 14.2. The van der Waals surface area contributed by atoms with Crippen molar-refractivity contribution >= 4 is 11.8 Å². The summed E-state index contributed by atoms with van der Waals surface area (Å²) in [5.74, 6) is 0.869. The maximum absolute atomic E-state index is 4.26. The summed E-state index contributed by atoms with van der Waals surface area (Å²) >= 11 is 1.69. The highest BCUT2D eigenvalue weighted by Gasteiger charge is 2.13. The minimum absolute atomic E-state index is 0.170. The van der Waals surface area contributed by atoms with Gasteiger partial charge in [-0.25, -0.2) is 4.98 Å². The molecule has 1 atom stereocenters. The summed E-state index contributed by atoms with van der Waals surface area (Å²) in [6.07, 6.45) is 0. The molecule has 5 heteroatoms. The predicted octanol–water partition coefficient (Wildman–Crippen LogP) is 1.98. The van der Waals surface area contributed by atoms with Crippen molar-refractivity contribution in [3.8, 4) is 0 Å². The van der Waals surface area contributed by atoms with Crippen molar-refractivity contribution < 1.29 is 0 Å². The lowest BCUT2D eigenvalue weighted by Crippen LogP contribution is -2.39. The van der Waals surface area contributed by atoms with E-state index < -0.39 is 0 Å². The highest BCUT2D eigenvalue weighted by atomic mass is 32.2. The van der Waals surface area contributed by atoms with Gasteiger partial charge in [0, 0.05) is 17.3 Å². The van der Waals surface area contributed by atoms with E-state index in [1.54, 1.807) is 11.8 Å². The van der Waals surface area contributed by atoms with E-state index in [9.17, 15) is 0 Å². The molecule has 4 nitrogen and oxygen atoms in total. The highest BCUT2D eigenvalue weighted by Crippen LogP contribution is 2.18. The topological polar surface area (TPSA) is 53.6 Å². The largest absolute Gasteiger partial charge is 0.311 e. The Morgan fingerprint density at radius 1 is 1.47 bits per heavy atom. The second kappa shape index (κ2) is 4.99. The number of aryl methyl sites for hydroxylation is 1. The van der Waals surface area contributed by atoms with Gasteiger partial charge in [-0.05, 0) is 27.7 Å². The van der Waals surface area contributed by atoms with Gasteiger partial charge in [-0.15, -0.1) is 5.10 Å². The van der Waals surface area contributed by atoms with Gasteiger partial charge in [-0.2, -0.15) is 0 Å². The molecule has 1 aromatic rings. The Morgan fingerprint density at radius 2 is 2.13 bits per heavy atom. The molecule has 1 rings (SSSR count). The van der Waals surface area contributed by atoms with Crippen LogP contribution in [0.15, 0.2) is 5.16 Å². The first-order chi connectivity index (χ1) is 6.87. The number of nitrogens with zero attached hydrogens (tertiary/aromatic N) is 2. The molecule has 0 saturated carbocycles. The van der Waals surface area contributed by atoms with E-state index in [2.05, 4.69) is 48.2 Å². The SMILES string of the molecule is Cc1nc(SC(C)CNC(C)(C)C)n[nH]1. The van der Waals surface area contributed by atoms with Gasteiger partial charge in [0.2, 0.25) is 5.16 Å². The van der Waals surface area contributed by atoms with Gasteiger partial charge in [0.15, 0.2) is 0 Å². The van der Waals surface area contributed by atoms with E-state index in [-0.39, 0.29) is 5.54 Å². The van der Waals surface area contributed by atoms with Crippen molar-refractivity contribution in [3.05, 3.63) is 5.82 Å². The fourth-order valence-electron chi connectivity index (χ4n) is 1.05. The van der Waals surface area contributed by atoms with Crippen LogP contribution in [0.2, 0.25) is 0 Å². The van der Waals surface area contributed by atoms with Gasteiger partial charge < -0.3 is 5.32 Å². The number of nitrogens with one attached hydrogen (secondary N) is 2. The van der Waals surface area contributed by atoms with Gasteiger partial charge in [-0.1, -0.05) is 18.7 Å². The summed E-state index contributed by atoms with van der Waals surface area (Å²) in [6.45, 7) is 11.6. The molecule has 0 spiro atoms. The van der Waals surface area contributed by atoms with Gasteiger partial charge in [-0.3, -0.25) is 5.10 Å². The number of aromatic amines is 1. The maximum atomic E-state index is 4.26. The second-order valence-corrected chi connectivity index (χ2v) is 6.17. The lowest BCUT2D eigenvalue weighted by Gasteiger charge is -2.22. The Labute approximate surface area is 95.6 Å². The molecule has 2 N–H and O–H groups in total.